The predicted octanol–water partition coefficient (Wildman–Crippen LogP) is 4.12. The molecule has 12 heteroatoms. The first-order valence-corrected chi connectivity index (χ1v) is 10.7. The number of carbonyl (C=O) groups excluding carboxylic acids is 2. The quantitative estimate of drug-likeness (QED) is 0.519. The van der Waals surface area contributed by atoms with E-state index < -0.39 is 29.0 Å². The molecule has 2 aromatic carbocycles. The van der Waals surface area contributed by atoms with Gasteiger partial charge in [0.2, 0.25) is 5.91 Å². The van der Waals surface area contributed by atoms with Crippen molar-refractivity contribution in [2.45, 2.75) is 32.7 Å². The van der Waals surface area contributed by atoms with Crippen LogP contribution in [0.15, 0.2) is 42.5 Å². The van der Waals surface area contributed by atoms with E-state index in [-0.39, 0.29) is 30.6 Å². The Hall–Kier alpha value is -3.80. The monoisotopic (exact) mass is 509 g/mol. The topological polar surface area (TPSA) is 79.3 Å². The van der Waals surface area contributed by atoms with Crippen LogP contribution in [0.5, 0.6) is 0 Å². The molecule has 0 saturated heterocycles. The zero-order valence-electron chi connectivity index (χ0n) is 19.7. The van der Waals surface area contributed by atoms with Gasteiger partial charge >= 0.3 is 6.18 Å². The molecule has 7 nitrogen and oxygen atoms in total. The molecule has 36 heavy (non-hydrogen) atoms. The standard InChI is InChI=1S/C17H17F4N5O2.C7H7F/c1-25(2)7-13-23-15(12-6-22-14(27)8-26(12)13)24-16(28)9-3-10(17(19,20)21)5-11(18)4-9;1-6-2-4-7(8)5-3-6/h3-5H,6-8H2,1-2H3,(H,22,27)(H,24,28);2-5H,1H3. The molecule has 4 rings (SSSR count). The number of aryl methyl sites for hydroxylation is 1. The first-order valence-electron chi connectivity index (χ1n) is 10.7. The van der Waals surface area contributed by atoms with Gasteiger partial charge in [-0.2, -0.15) is 13.2 Å². The fourth-order valence-electron chi connectivity index (χ4n) is 3.39. The van der Waals surface area contributed by atoms with Gasteiger partial charge in [0.25, 0.3) is 5.91 Å². The van der Waals surface area contributed by atoms with Crippen LogP contribution in [0.4, 0.5) is 27.8 Å². The second-order valence-corrected chi connectivity index (χ2v) is 8.40. The SMILES string of the molecule is CN(C)Cc1nc(NC(=O)c2cc(F)cc(C(F)(F)F)c2)c2n1CC(=O)NC2.Cc1ccc(F)cc1. The summed E-state index contributed by atoms with van der Waals surface area (Å²) >= 11 is 0. The normalized spacial score (nSPS) is 13.0. The van der Waals surface area contributed by atoms with E-state index in [0.717, 1.165) is 11.6 Å². The van der Waals surface area contributed by atoms with E-state index in [4.69, 9.17) is 0 Å². The summed E-state index contributed by atoms with van der Waals surface area (Å²) in [5.41, 5.74) is -0.142. The van der Waals surface area contributed by atoms with Crippen LogP contribution < -0.4 is 10.6 Å². The van der Waals surface area contributed by atoms with E-state index in [9.17, 15) is 31.5 Å². The summed E-state index contributed by atoms with van der Waals surface area (Å²) in [6.07, 6.45) is -4.78. The Kier molecular flexibility index (Phi) is 8.08. The molecule has 0 saturated carbocycles. The van der Waals surface area contributed by atoms with Crippen LogP contribution in [-0.2, 0) is 30.6 Å². The predicted molar refractivity (Wildman–Crippen MR) is 122 cm³/mol. The molecule has 0 atom stereocenters. The number of amides is 2. The van der Waals surface area contributed by atoms with E-state index in [1.54, 1.807) is 30.8 Å². The second kappa shape index (κ2) is 10.9. The highest BCUT2D eigenvalue weighted by atomic mass is 19.4. The molecule has 0 radical (unpaired) electrons. The second-order valence-electron chi connectivity index (χ2n) is 8.40. The number of rotatable bonds is 4. The number of halogens is 5. The lowest BCUT2D eigenvalue weighted by molar-refractivity contribution is -0.137. The average molecular weight is 509 g/mol. The van der Waals surface area contributed by atoms with Gasteiger partial charge < -0.3 is 20.1 Å². The fourth-order valence-corrected chi connectivity index (χ4v) is 3.39. The fraction of sp³-hybridized carbons (Fsp3) is 0.292. The van der Waals surface area contributed by atoms with Gasteiger partial charge in [-0.3, -0.25) is 9.59 Å². The molecule has 1 aromatic heterocycles. The maximum atomic E-state index is 13.6. The summed E-state index contributed by atoms with van der Waals surface area (Å²) in [4.78, 5) is 30.2. The van der Waals surface area contributed by atoms with Gasteiger partial charge in [-0.15, -0.1) is 0 Å². The number of carbonyl (C=O) groups is 2. The molecule has 2 amide bonds. The first-order chi connectivity index (χ1) is 16.8. The molecule has 3 aromatic rings. The molecule has 192 valence electrons. The number of anilines is 1. The third-order valence-corrected chi connectivity index (χ3v) is 5.09. The van der Waals surface area contributed by atoms with Crippen LogP contribution in [-0.4, -0.2) is 40.4 Å². The molecule has 2 N–H and O–H groups in total. The molecule has 1 aliphatic heterocycles. The van der Waals surface area contributed by atoms with Crippen molar-refractivity contribution in [3.63, 3.8) is 0 Å². The Bertz CT molecular complexity index is 1230. The Morgan fingerprint density at radius 1 is 1.11 bits per heavy atom. The van der Waals surface area contributed by atoms with E-state index in [2.05, 4.69) is 15.6 Å². The van der Waals surface area contributed by atoms with Gasteiger partial charge in [0.1, 0.15) is 24.0 Å². The zero-order valence-corrected chi connectivity index (χ0v) is 19.7. The summed E-state index contributed by atoms with van der Waals surface area (Å²) in [5.74, 6) is -1.87. The van der Waals surface area contributed by atoms with Crippen LogP contribution in [0.2, 0.25) is 0 Å². The smallest absolute Gasteiger partial charge is 0.349 e. The van der Waals surface area contributed by atoms with Crippen LogP contribution in [0.25, 0.3) is 0 Å². The number of alkyl halides is 3. The van der Waals surface area contributed by atoms with Gasteiger partial charge in [-0.1, -0.05) is 17.7 Å². The maximum Gasteiger partial charge on any atom is 0.416 e. The number of hydrogen-bond acceptors (Lipinski definition) is 4. The Labute approximate surface area is 203 Å². The van der Waals surface area contributed by atoms with Crippen molar-refractivity contribution in [3.05, 3.63) is 82.3 Å². The molecule has 1 aliphatic rings. The Morgan fingerprint density at radius 2 is 1.78 bits per heavy atom. The van der Waals surface area contributed by atoms with Crippen molar-refractivity contribution >= 4 is 17.6 Å². The molecule has 2 heterocycles. The molecule has 0 spiro atoms. The van der Waals surface area contributed by atoms with Crippen LogP contribution in [0.3, 0.4) is 0 Å². The number of aromatic nitrogens is 2. The Balaban J connectivity index is 0.000000383. The van der Waals surface area contributed by atoms with Crippen LogP contribution in [0.1, 0.15) is 33.0 Å². The van der Waals surface area contributed by atoms with Gasteiger partial charge in [-0.05, 0) is 51.4 Å². The van der Waals surface area contributed by atoms with Gasteiger partial charge in [-0.25, -0.2) is 13.8 Å². The molecule has 0 bridgehead atoms. The molecular weight excluding hydrogens is 485 g/mol. The molecule has 0 aliphatic carbocycles. The molecule has 0 fully saturated rings. The molecule has 0 unspecified atom stereocenters. The summed E-state index contributed by atoms with van der Waals surface area (Å²) in [5, 5.41) is 5.05. The van der Waals surface area contributed by atoms with Crippen molar-refractivity contribution in [2.75, 3.05) is 19.4 Å². The number of fused-ring (bicyclic) bond motifs is 1. The molecular formula is C24H24F5N5O2. The summed E-state index contributed by atoms with van der Waals surface area (Å²) in [6.45, 7) is 2.43. The van der Waals surface area contributed by atoms with Crippen molar-refractivity contribution in [1.82, 2.24) is 19.8 Å². The summed E-state index contributed by atoms with van der Waals surface area (Å²) < 4.78 is 65.9. The average Bonchev–Trinajstić information content (AvgIpc) is 3.10. The lowest BCUT2D eigenvalue weighted by atomic mass is 10.1. The Morgan fingerprint density at radius 3 is 2.36 bits per heavy atom. The highest BCUT2D eigenvalue weighted by Gasteiger charge is 2.32. The summed E-state index contributed by atoms with van der Waals surface area (Å²) in [7, 11) is 3.60. The van der Waals surface area contributed by atoms with Crippen LogP contribution >= 0.6 is 0 Å². The number of nitrogens with zero attached hydrogens (tertiary/aromatic N) is 3. The van der Waals surface area contributed by atoms with Crippen molar-refractivity contribution in [1.29, 1.82) is 0 Å². The van der Waals surface area contributed by atoms with Crippen molar-refractivity contribution in [3.8, 4) is 0 Å². The van der Waals surface area contributed by atoms with Gasteiger partial charge in [0.15, 0.2) is 5.82 Å². The van der Waals surface area contributed by atoms with E-state index >= 15 is 0 Å². The number of nitrogens with one attached hydrogen (secondary N) is 2. The number of benzene rings is 2. The third kappa shape index (κ3) is 6.87. The minimum Gasteiger partial charge on any atom is -0.349 e. The number of hydrogen-bond donors (Lipinski definition) is 2. The number of imidazole rings is 1. The lowest BCUT2D eigenvalue weighted by Crippen LogP contribution is -2.35. The van der Waals surface area contributed by atoms with Crippen molar-refractivity contribution < 1.29 is 31.5 Å². The minimum absolute atomic E-state index is 0.0135. The van der Waals surface area contributed by atoms with Gasteiger partial charge in [0, 0.05) is 5.56 Å². The minimum atomic E-state index is -4.78. The van der Waals surface area contributed by atoms with Crippen molar-refractivity contribution in [2.24, 2.45) is 0 Å². The van der Waals surface area contributed by atoms with E-state index in [0.29, 0.717) is 30.2 Å². The first kappa shape index (κ1) is 26.8. The van der Waals surface area contributed by atoms with E-state index in [1.807, 2.05) is 11.8 Å². The van der Waals surface area contributed by atoms with Crippen LogP contribution in [0, 0.1) is 18.6 Å². The highest BCUT2D eigenvalue weighted by molar-refractivity contribution is 6.04. The summed E-state index contributed by atoms with van der Waals surface area (Å²) in [6, 6.07) is 8.01. The van der Waals surface area contributed by atoms with Gasteiger partial charge in [0.05, 0.1) is 24.3 Å². The van der Waals surface area contributed by atoms with E-state index in [1.165, 1.54) is 12.1 Å². The largest absolute Gasteiger partial charge is 0.416 e. The third-order valence-electron chi connectivity index (χ3n) is 5.09. The lowest BCUT2D eigenvalue weighted by Gasteiger charge is -2.19. The highest BCUT2D eigenvalue weighted by Crippen LogP contribution is 2.31. The maximum absolute atomic E-state index is 13.6. The zero-order chi connectivity index (χ0) is 26.6.